The van der Waals surface area contributed by atoms with Crippen LogP contribution in [0.1, 0.15) is 43.2 Å². The molecule has 122 valence electrons. The zero-order valence-corrected chi connectivity index (χ0v) is 13.9. The maximum absolute atomic E-state index is 10.2. The number of benzene rings is 1. The van der Waals surface area contributed by atoms with E-state index in [-0.39, 0.29) is 0 Å². The Morgan fingerprint density at radius 1 is 1.35 bits per heavy atom. The molecule has 3 nitrogen and oxygen atoms in total. The first-order chi connectivity index (χ1) is 11.1. The number of likely N-dealkylation sites (N-methyl/N-ethyl adjacent to an activating group) is 1. The van der Waals surface area contributed by atoms with Gasteiger partial charge in [-0.15, -0.1) is 0 Å². The van der Waals surface area contributed by atoms with E-state index >= 15 is 0 Å². The summed E-state index contributed by atoms with van der Waals surface area (Å²) in [6.07, 6.45) is 12.9. The molecule has 2 fully saturated rings. The molecule has 0 unspecified atom stereocenters. The summed E-state index contributed by atoms with van der Waals surface area (Å²) >= 11 is 0. The van der Waals surface area contributed by atoms with E-state index in [4.69, 9.17) is 0 Å². The Morgan fingerprint density at radius 2 is 2.22 bits per heavy atom. The van der Waals surface area contributed by atoms with E-state index in [1.54, 1.807) is 0 Å². The molecule has 3 heteroatoms. The molecular weight excluding hydrogens is 284 g/mol. The molecule has 1 atom stereocenters. The molecule has 0 spiro atoms. The van der Waals surface area contributed by atoms with Crippen LogP contribution in [0.5, 0.6) is 0 Å². The highest BCUT2D eigenvalue weighted by atomic mass is 16.3. The molecule has 0 bridgehead atoms. The maximum Gasteiger partial charge on any atom is 0.0831 e. The van der Waals surface area contributed by atoms with Crippen molar-refractivity contribution in [1.29, 1.82) is 0 Å². The van der Waals surface area contributed by atoms with Gasteiger partial charge >= 0.3 is 0 Å². The molecular formula is C20H26N2O. The fourth-order valence-electron chi connectivity index (χ4n) is 3.92. The van der Waals surface area contributed by atoms with Crippen molar-refractivity contribution < 1.29 is 5.11 Å². The fraction of sp³-hybridized carbons (Fsp3) is 0.500. The van der Waals surface area contributed by atoms with Crippen molar-refractivity contribution in [2.24, 2.45) is 0 Å². The highest BCUT2D eigenvalue weighted by molar-refractivity contribution is 5.85. The van der Waals surface area contributed by atoms with Gasteiger partial charge in [-0.05, 0) is 75.4 Å². The standard InChI is InChI=1S/C20H26N2O/c1-22-11-2-4-17(22)13-16-14-21-19-6-5-15(12-18(16)19)7-10-20(23)8-3-9-20/h5-7,10,12,14,17,21,23H,2-4,8-9,11,13H2,1H3/t17-/m1/s1. The molecule has 2 N–H and O–H groups in total. The van der Waals surface area contributed by atoms with Crippen LogP contribution in [0.3, 0.4) is 0 Å². The van der Waals surface area contributed by atoms with Crippen LogP contribution in [-0.2, 0) is 6.42 Å². The Morgan fingerprint density at radius 3 is 2.91 bits per heavy atom. The van der Waals surface area contributed by atoms with E-state index in [1.807, 2.05) is 6.08 Å². The second kappa shape index (κ2) is 5.81. The second-order valence-electron chi connectivity index (χ2n) is 7.39. The van der Waals surface area contributed by atoms with E-state index < -0.39 is 5.60 Å². The predicted molar refractivity (Wildman–Crippen MR) is 95.5 cm³/mol. The Labute approximate surface area is 138 Å². The lowest BCUT2D eigenvalue weighted by Gasteiger charge is -2.33. The van der Waals surface area contributed by atoms with Crippen LogP contribution in [0.15, 0.2) is 30.5 Å². The molecule has 23 heavy (non-hydrogen) atoms. The summed E-state index contributed by atoms with van der Waals surface area (Å²) in [6, 6.07) is 7.21. The average molecular weight is 310 g/mol. The van der Waals surface area contributed by atoms with Crippen molar-refractivity contribution in [2.75, 3.05) is 13.6 Å². The van der Waals surface area contributed by atoms with Crippen molar-refractivity contribution in [3.8, 4) is 0 Å². The highest BCUT2D eigenvalue weighted by Crippen LogP contribution is 2.33. The van der Waals surface area contributed by atoms with Crippen LogP contribution in [0.2, 0.25) is 0 Å². The first-order valence-electron chi connectivity index (χ1n) is 8.85. The van der Waals surface area contributed by atoms with Crippen LogP contribution >= 0.6 is 0 Å². The number of H-pyrrole nitrogens is 1. The monoisotopic (exact) mass is 310 g/mol. The Bertz CT molecular complexity index is 726. The summed E-state index contributed by atoms with van der Waals surface area (Å²) in [6.45, 7) is 1.22. The Kier molecular flexibility index (Phi) is 3.78. The zero-order chi connectivity index (χ0) is 15.9. The second-order valence-corrected chi connectivity index (χ2v) is 7.39. The lowest BCUT2D eigenvalue weighted by atomic mass is 9.80. The lowest BCUT2D eigenvalue weighted by molar-refractivity contribution is 0.0150. The van der Waals surface area contributed by atoms with Gasteiger partial charge in [0.2, 0.25) is 0 Å². The van der Waals surface area contributed by atoms with Crippen molar-refractivity contribution in [1.82, 2.24) is 9.88 Å². The predicted octanol–water partition coefficient (Wildman–Crippen LogP) is 3.73. The molecule has 0 amide bonds. The van der Waals surface area contributed by atoms with Gasteiger partial charge in [0.25, 0.3) is 0 Å². The molecule has 1 aliphatic heterocycles. The lowest BCUT2D eigenvalue weighted by Crippen LogP contribution is -2.33. The van der Waals surface area contributed by atoms with E-state index in [0.717, 1.165) is 25.7 Å². The number of hydrogen-bond acceptors (Lipinski definition) is 2. The number of aromatic amines is 1. The van der Waals surface area contributed by atoms with E-state index in [2.05, 4.69) is 47.4 Å². The number of hydrogen-bond donors (Lipinski definition) is 2. The van der Waals surface area contributed by atoms with Crippen molar-refractivity contribution in [3.05, 3.63) is 41.6 Å². The molecule has 1 saturated heterocycles. The normalized spacial score (nSPS) is 24.5. The number of rotatable bonds is 4. The third-order valence-corrected chi connectivity index (χ3v) is 5.72. The van der Waals surface area contributed by atoms with Crippen LogP contribution in [0.4, 0.5) is 0 Å². The van der Waals surface area contributed by atoms with Gasteiger partial charge in [0.15, 0.2) is 0 Å². The van der Waals surface area contributed by atoms with Gasteiger partial charge < -0.3 is 15.0 Å². The molecule has 1 aromatic carbocycles. The summed E-state index contributed by atoms with van der Waals surface area (Å²) in [5, 5.41) is 11.5. The average Bonchev–Trinajstić information content (AvgIpc) is 3.11. The number of nitrogens with zero attached hydrogens (tertiary/aromatic N) is 1. The molecule has 2 heterocycles. The summed E-state index contributed by atoms with van der Waals surface area (Å²) in [7, 11) is 2.24. The van der Waals surface area contributed by atoms with Crippen LogP contribution in [0.25, 0.3) is 17.0 Å². The minimum atomic E-state index is -0.553. The molecule has 2 aromatic rings. The smallest absolute Gasteiger partial charge is 0.0831 e. The van der Waals surface area contributed by atoms with Crippen LogP contribution in [-0.4, -0.2) is 40.2 Å². The molecule has 2 aliphatic rings. The summed E-state index contributed by atoms with van der Waals surface area (Å²) in [4.78, 5) is 5.89. The highest BCUT2D eigenvalue weighted by Gasteiger charge is 2.31. The van der Waals surface area contributed by atoms with Crippen molar-refractivity contribution in [2.45, 2.75) is 50.2 Å². The van der Waals surface area contributed by atoms with Crippen molar-refractivity contribution in [3.63, 3.8) is 0 Å². The minimum absolute atomic E-state index is 0.553. The Hall–Kier alpha value is -1.58. The number of aromatic nitrogens is 1. The van der Waals surface area contributed by atoms with Gasteiger partial charge in [0.1, 0.15) is 0 Å². The molecule has 0 radical (unpaired) electrons. The number of nitrogens with one attached hydrogen (secondary N) is 1. The molecule has 1 aromatic heterocycles. The number of likely N-dealkylation sites (tertiary alicyclic amines) is 1. The third-order valence-electron chi connectivity index (χ3n) is 5.72. The first-order valence-corrected chi connectivity index (χ1v) is 8.85. The third kappa shape index (κ3) is 2.96. The van der Waals surface area contributed by atoms with Gasteiger partial charge in [-0.1, -0.05) is 18.2 Å². The summed E-state index contributed by atoms with van der Waals surface area (Å²) in [5.41, 5.74) is 3.25. The summed E-state index contributed by atoms with van der Waals surface area (Å²) in [5.74, 6) is 0. The molecule has 1 saturated carbocycles. The quantitative estimate of drug-likeness (QED) is 0.903. The van der Waals surface area contributed by atoms with Gasteiger partial charge in [0, 0.05) is 23.1 Å². The van der Waals surface area contributed by atoms with E-state index in [1.165, 1.54) is 41.4 Å². The maximum atomic E-state index is 10.2. The number of aliphatic hydroxyl groups is 1. The van der Waals surface area contributed by atoms with Gasteiger partial charge in [-0.3, -0.25) is 0 Å². The number of fused-ring (bicyclic) bond motifs is 1. The zero-order valence-electron chi connectivity index (χ0n) is 13.9. The largest absolute Gasteiger partial charge is 0.386 e. The topological polar surface area (TPSA) is 39.3 Å². The van der Waals surface area contributed by atoms with E-state index in [9.17, 15) is 5.11 Å². The van der Waals surface area contributed by atoms with Crippen LogP contribution in [0, 0.1) is 0 Å². The fourth-order valence-corrected chi connectivity index (χ4v) is 3.92. The molecule has 1 aliphatic carbocycles. The van der Waals surface area contributed by atoms with Gasteiger partial charge in [-0.25, -0.2) is 0 Å². The minimum Gasteiger partial charge on any atom is -0.386 e. The Balaban J connectivity index is 1.58. The van der Waals surface area contributed by atoms with Gasteiger partial charge in [-0.2, -0.15) is 0 Å². The molecule has 4 rings (SSSR count). The van der Waals surface area contributed by atoms with Gasteiger partial charge in [0.05, 0.1) is 5.60 Å². The SMILES string of the molecule is CN1CCC[C@@H]1Cc1c[nH]c2ccc(C=CC3(O)CCC3)cc12. The van der Waals surface area contributed by atoms with Crippen molar-refractivity contribution >= 4 is 17.0 Å². The summed E-state index contributed by atoms with van der Waals surface area (Å²) < 4.78 is 0. The first kappa shape index (κ1) is 15.0. The van der Waals surface area contributed by atoms with E-state index in [0.29, 0.717) is 6.04 Å². The van der Waals surface area contributed by atoms with Crippen LogP contribution < -0.4 is 0 Å².